The Morgan fingerprint density at radius 3 is 2.79 bits per heavy atom. The number of carbonyl (C=O) groups is 1. The third kappa shape index (κ3) is 4.47. The first-order valence-corrected chi connectivity index (χ1v) is 10.8. The van der Waals surface area contributed by atoms with Gasteiger partial charge in [0.15, 0.2) is 0 Å². The van der Waals surface area contributed by atoms with Crippen LogP contribution < -0.4 is 10.1 Å². The fourth-order valence-electron chi connectivity index (χ4n) is 4.94. The van der Waals surface area contributed by atoms with E-state index in [1.807, 2.05) is 31.2 Å². The average Bonchev–Trinajstić information content (AvgIpc) is 3.12. The second-order valence-corrected chi connectivity index (χ2v) is 8.39. The molecule has 29 heavy (non-hydrogen) atoms. The number of ether oxygens (including phenoxy) is 1. The molecular weight excluding hydrogens is 364 g/mol. The van der Waals surface area contributed by atoms with Crippen molar-refractivity contribution >= 4 is 5.91 Å². The van der Waals surface area contributed by atoms with Crippen LogP contribution in [0.1, 0.15) is 43.4 Å². The predicted molar refractivity (Wildman–Crippen MR) is 114 cm³/mol. The zero-order valence-electron chi connectivity index (χ0n) is 17.5. The number of methoxy groups -OCH3 is 1. The standard InChI is InChI=1S/C23H32N4O2/c1-16-20(23(26-25-16)17-8-10-19(29-2)11-9-17)14-22(28)24-15-18-6-5-13-27-12-4-3-7-21(18)27/h8-11,18,21H,3-7,12-15H2,1-2H3,(H,24,28)(H,25,26)/t18-,21-/m0/s1. The minimum absolute atomic E-state index is 0.0807. The van der Waals surface area contributed by atoms with E-state index in [9.17, 15) is 4.79 Å². The number of aromatic amines is 1. The van der Waals surface area contributed by atoms with E-state index in [1.165, 1.54) is 45.2 Å². The second kappa shape index (κ2) is 8.99. The maximum absolute atomic E-state index is 12.8. The molecule has 2 aliphatic heterocycles. The number of aryl methyl sites for hydroxylation is 1. The summed E-state index contributed by atoms with van der Waals surface area (Å²) in [4.78, 5) is 15.4. The van der Waals surface area contributed by atoms with Crippen LogP contribution in [0.5, 0.6) is 5.75 Å². The molecule has 1 aromatic carbocycles. The van der Waals surface area contributed by atoms with Crippen molar-refractivity contribution in [2.45, 2.75) is 51.5 Å². The van der Waals surface area contributed by atoms with Crippen molar-refractivity contribution < 1.29 is 9.53 Å². The molecule has 6 nitrogen and oxygen atoms in total. The summed E-state index contributed by atoms with van der Waals surface area (Å²) in [5.41, 5.74) is 3.75. The van der Waals surface area contributed by atoms with Gasteiger partial charge in [-0.3, -0.25) is 9.89 Å². The molecule has 0 radical (unpaired) electrons. The SMILES string of the molecule is COc1ccc(-c2n[nH]c(C)c2CC(=O)NC[C@@H]2CCCN3CCCC[C@@H]23)cc1. The monoisotopic (exact) mass is 396 g/mol. The minimum Gasteiger partial charge on any atom is -0.497 e. The van der Waals surface area contributed by atoms with Gasteiger partial charge in [0, 0.05) is 29.4 Å². The van der Waals surface area contributed by atoms with E-state index >= 15 is 0 Å². The molecule has 0 saturated carbocycles. The van der Waals surface area contributed by atoms with Gasteiger partial charge in [-0.25, -0.2) is 0 Å². The van der Waals surface area contributed by atoms with E-state index in [2.05, 4.69) is 20.4 Å². The van der Waals surface area contributed by atoms with E-state index in [-0.39, 0.29) is 5.91 Å². The molecule has 1 aromatic heterocycles. The van der Waals surface area contributed by atoms with Crippen molar-refractivity contribution in [2.24, 2.45) is 5.92 Å². The topological polar surface area (TPSA) is 70.2 Å². The van der Waals surface area contributed by atoms with Crippen LogP contribution in [-0.2, 0) is 11.2 Å². The summed E-state index contributed by atoms with van der Waals surface area (Å²) < 4.78 is 5.24. The van der Waals surface area contributed by atoms with Crippen molar-refractivity contribution in [1.82, 2.24) is 20.4 Å². The lowest BCUT2D eigenvalue weighted by molar-refractivity contribution is -0.120. The van der Waals surface area contributed by atoms with Crippen LogP contribution in [0.25, 0.3) is 11.3 Å². The number of fused-ring (bicyclic) bond motifs is 1. The number of hydrogen-bond acceptors (Lipinski definition) is 4. The summed E-state index contributed by atoms with van der Waals surface area (Å²) in [5, 5.41) is 10.7. The highest BCUT2D eigenvalue weighted by molar-refractivity contribution is 5.81. The number of aromatic nitrogens is 2. The molecule has 0 bridgehead atoms. The summed E-state index contributed by atoms with van der Waals surface area (Å²) >= 11 is 0. The highest BCUT2D eigenvalue weighted by Gasteiger charge is 2.33. The summed E-state index contributed by atoms with van der Waals surface area (Å²) in [6.45, 7) is 5.22. The van der Waals surface area contributed by atoms with Crippen LogP contribution in [0.4, 0.5) is 0 Å². The number of carbonyl (C=O) groups excluding carboxylic acids is 1. The lowest BCUT2D eigenvalue weighted by Crippen LogP contribution is -2.51. The van der Waals surface area contributed by atoms with Crippen LogP contribution in [0.3, 0.4) is 0 Å². The van der Waals surface area contributed by atoms with Gasteiger partial charge in [-0.2, -0.15) is 5.10 Å². The van der Waals surface area contributed by atoms with E-state index in [4.69, 9.17) is 4.74 Å². The maximum atomic E-state index is 12.8. The number of nitrogens with one attached hydrogen (secondary N) is 2. The number of rotatable bonds is 6. The van der Waals surface area contributed by atoms with E-state index < -0.39 is 0 Å². The maximum Gasteiger partial charge on any atom is 0.224 e. The number of nitrogens with zero attached hydrogens (tertiary/aromatic N) is 2. The number of amides is 1. The van der Waals surface area contributed by atoms with Crippen LogP contribution in [0.2, 0.25) is 0 Å². The molecule has 156 valence electrons. The van der Waals surface area contributed by atoms with Gasteiger partial charge in [0.05, 0.1) is 19.2 Å². The highest BCUT2D eigenvalue weighted by Crippen LogP contribution is 2.30. The normalized spacial score (nSPS) is 22.1. The molecular formula is C23H32N4O2. The molecule has 2 aromatic rings. The Bertz CT molecular complexity index is 828. The summed E-state index contributed by atoms with van der Waals surface area (Å²) in [6, 6.07) is 8.46. The Balaban J connectivity index is 1.39. The molecule has 0 unspecified atom stereocenters. The van der Waals surface area contributed by atoms with Crippen LogP contribution in [0, 0.1) is 12.8 Å². The van der Waals surface area contributed by atoms with Crippen molar-refractivity contribution in [3.8, 4) is 17.0 Å². The molecule has 2 aliphatic rings. The molecule has 2 N–H and O–H groups in total. The Kier molecular flexibility index (Phi) is 6.19. The summed E-state index contributed by atoms with van der Waals surface area (Å²) in [7, 11) is 1.66. The zero-order valence-corrected chi connectivity index (χ0v) is 17.5. The Hall–Kier alpha value is -2.34. The zero-order chi connectivity index (χ0) is 20.2. The van der Waals surface area contributed by atoms with Crippen molar-refractivity contribution in [3.63, 3.8) is 0 Å². The van der Waals surface area contributed by atoms with E-state index in [0.717, 1.165) is 34.8 Å². The first kappa shape index (κ1) is 20.0. The van der Waals surface area contributed by atoms with Gasteiger partial charge in [-0.05, 0) is 75.9 Å². The largest absolute Gasteiger partial charge is 0.497 e. The fourth-order valence-corrected chi connectivity index (χ4v) is 4.94. The molecule has 0 aliphatic carbocycles. The summed E-state index contributed by atoms with van der Waals surface area (Å²) in [5.74, 6) is 1.47. The Morgan fingerprint density at radius 1 is 1.21 bits per heavy atom. The van der Waals surface area contributed by atoms with Crippen LogP contribution in [-0.4, -0.2) is 53.8 Å². The molecule has 2 fully saturated rings. The van der Waals surface area contributed by atoms with Gasteiger partial charge in [0.2, 0.25) is 5.91 Å². The molecule has 4 rings (SSSR count). The first-order valence-electron chi connectivity index (χ1n) is 10.8. The number of piperidine rings is 2. The number of hydrogen-bond donors (Lipinski definition) is 2. The Labute approximate surface area is 173 Å². The van der Waals surface area contributed by atoms with Crippen molar-refractivity contribution in [2.75, 3.05) is 26.7 Å². The molecule has 3 heterocycles. The van der Waals surface area contributed by atoms with Gasteiger partial charge in [0.25, 0.3) is 0 Å². The lowest BCUT2D eigenvalue weighted by Gasteiger charge is -2.44. The van der Waals surface area contributed by atoms with Gasteiger partial charge < -0.3 is 15.0 Å². The molecule has 2 saturated heterocycles. The number of benzene rings is 1. The molecule has 0 spiro atoms. The van der Waals surface area contributed by atoms with Crippen LogP contribution >= 0.6 is 0 Å². The van der Waals surface area contributed by atoms with E-state index in [0.29, 0.717) is 18.4 Å². The number of H-pyrrole nitrogens is 1. The van der Waals surface area contributed by atoms with E-state index in [1.54, 1.807) is 7.11 Å². The molecule has 6 heteroatoms. The smallest absolute Gasteiger partial charge is 0.224 e. The third-order valence-electron chi connectivity index (χ3n) is 6.56. The van der Waals surface area contributed by atoms with Crippen LogP contribution in [0.15, 0.2) is 24.3 Å². The minimum atomic E-state index is 0.0807. The summed E-state index contributed by atoms with van der Waals surface area (Å²) in [6.07, 6.45) is 6.76. The highest BCUT2D eigenvalue weighted by atomic mass is 16.5. The molecule has 1 amide bonds. The third-order valence-corrected chi connectivity index (χ3v) is 6.56. The van der Waals surface area contributed by atoms with Crippen molar-refractivity contribution in [1.29, 1.82) is 0 Å². The lowest BCUT2D eigenvalue weighted by atomic mass is 9.83. The predicted octanol–water partition coefficient (Wildman–Crippen LogP) is 3.32. The quantitative estimate of drug-likeness (QED) is 0.786. The average molecular weight is 397 g/mol. The Morgan fingerprint density at radius 2 is 2.00 bits per heavy atom. The molecule has 2 atom stereocenters. The first-order chi connectivity index (χ1) is 14.2. The van der Waals surface area contributed by atoms with Gasteiger partial charge in [0.1, 0.15) is 5.75 Å². The van der Waals surface area contributed by atoms with Gasteiger partial charge in [-0.15, -0.1) is 0 Å². The fraction of sp³-hybridized carbons (Fsp3) is 0.565. The van der Waals surface area contributed by atoms with Gasteiger partial charge in [-0.1, -0.05) is 6.42 Å². The second-order valence-electron chi connectivity index (χ2n) is 8.39. The van der Waals surface area contributed by atoms with Gasteiger partial charge >= 0.3 is 0 Å². The van der Waals surface area contributed by atoms with Crippen molar-refractivity contribution in [3.05, 3.63) is 35.5 Å².